The van der Waals surface area contributed by atoms with Crippen LogP contribution in [0.2, 0.25) is 5.02 Å². The average Bonchev–Trinajstić information content (AvgIpc) is 3.08. The van der Waals surface area contributed by atoms with Crippen LogP contribution in [0, 0.1) is 0 Å². The average molecular weight is 489 g/mol. The molecule has 0 unspecified atom stereocenters. The third-order valence-electron chi connectivity index (χ3n) is 3.87. The van der Waals surface area contributed by atoms with Gasteiger partial charge in [0.25, 0.3) is 0 Å². The molecule has 1 amide bonds. The number of carbonyl (C=O) groups is 1. The van der Waals surface area contributed by atoms with Crippen LogP contribution >= 0.6 is 27.5 Å². The number of hydrogen-bond donors (Lipinski definition) is 1. The van der Waals surface area contributed by atoms with Crippen molar-refractivity contribution < 1.29 is 22.7 Å². The summed E-state index contributed by atoms with van der Waals surface area (Å²) < 4.78 is 47.1. The fourth-order valence-electron chi connectivity index (χ4n) is 2.54. The van der Waals surface area contributed by atoms with E-state index in [-0.39, 0.29) is 12.2 Å². The predicted molar refractivity (Wildman–Crippen MR) is 105 cm³/mol. The van der Waals surface area contributed by atoms with Gasteiger partial charge in [-0.1, -0.05) is 39.7 Å². The van der Waals surface area contributed by atoms with Crippen molar-refractivity contribution in [2.75, 3.05) is 6.54 Å². The van der Waals surface area contributed by atoms with E-state index in [1.807, 2.05) is 24.3 Å². The largest absolute Gasteiger partial charge is 0.437 e. The van der Waals surface area contributed by atoms with Crippen LogP contribution in [0.15, 0.2) is 59.2 Å². The SMILES string of the molecule is O=C(NCCc1ccc(Br)cc1)Oc1cnn(-c2ccc(Cl)cc2)c1C(F)(F)F. The monoisotopic (exact) mass is 487 g/mol. The van der Waals surface area contributed by atoms with Gasteiger partial charge < -0.3 is 10.1 Å². The smallest absolute Gasteiger partial charge is 0.406 e. The van der Waals surface area contributed by atoms with Crippen LogP contribution in [-0.2, 0) is 12.6 Å². The molecule has 152 valence electrons. The summed E-state index contributed by atoms with van der Waals surface area (Å²) in [7, 11) is 0. The molecule has 3 aromatic rings. The van der Waals surface area contributed by atoms with Gasteiger partial charge in [-0.05, 0) is 48.4 Å². The zero-order chi connectivity index (χ0) is 21.0. The summed E-state index contributed by atoms with van der Waals surface area (Å²) in [6, 6.07) is 13.1. The van der Waals surface area contributed by atoms with Crippen molar-refractivity contribution in [1.29, 1.82) is 0 Å². The Kier molecular flexibility index (Phi) is 6.49. The first-order chi connectivity index (χ1) is 13.7. The zero-order valence-corrected chi connectivity index (χ0v) is 17.1. The lowest BCUT2D eigenvalue weighted by Gasteiger charge is -2.13. The van der Waals surface area contributed by atoms with Crippen LogP contribution in [0.5, 0.6) is 5.75 Å². The minimum atomic E-state index is -4.79. The van der Waals surface area contributed by atoms with Crippen LogP contribution in [-0.4, -0.2) is 22.4 Å². The molecule has 0 radical (unpaired) electrons. The number of nitrogens with zero attached hydrogens (tertiary/aromatic N) is 2. The first-order valence-electron chi connectivity index (χ1n) is 8.35. The molecule has 0 aliphatic carbocycles. The van der Waals surface area contributed by atoms with Crippen molar-refractivity contribution in [3.05, 3.63) is 75.5 Å². The van der Waals surface area contributed by atoms with Crippen LogP contribution in [0.3, 0.4) is 0 Å². The Morgan fingerprint density at radius 3 is 2.41 bits per heavy atom. The summed E-state index contributed by atoms with van der Waals surface area (Å²) in [6.07, 6.45) is -4.43. The second-order valence-electron chi connectivity index (χ2n) is 5.94. The molecular formula is C19H14BrClF3N3O2. The van der Waals surface area contributed by atoms with Gasteiger partial charge in [0.05, 0.1) is 11.9 Å². The summed E-state index contributed by atoms with van der Waals surface area (Å²) in [6.45, 7) is 0.202. The van der Waals surface area contributed by atoms with Crippen LogP contribution in [0.1, 0.15) is 11.3 Å². The molecule has 10 heteroatoms. The number of alkyl halides is 3. The van der Waals surface area contributed by atoms with Crippen molar-refractivity contribution in [2.45, 2.75) is 12.6 Å². The molecule has 0 saturated carbocycles. The molecule has 0 aliphatic heterocycles. The van der Waals surface area contributed by atoms with E-state index in [9.17, 15) is 18.0 Å². The van der Waals surface area contributed by atoms with Gasteiger partial charge in [-0.2, -0.15) is 18.3 Å². The van der Waals surface area contributed by atoms with Crippen molar-refractivity contribution >= 4 is 33.6 Å². The number of nitrogens with one attached hydrogen (secondary N) is 1. The van der Waals surface area contributed by atoms with E-state index in [1.54, 1.807) is 0 Å². The number of hydrogen-bond acceptors (Lipinski definition) is 3. The highest BCUT2D eigenvalue weighted by Crippen LogP contribution is 2.37. The molecule has 0 fully saturated rings. The lowest BCUT2D eigenvalue weighted by atomic mass is 10.1. The number of rotatable bonds is 5. The molecule has 0 aliphatic rings. The molecule has 0 spiro atoms. The van der Waals surface area contributed by atoms with Gasteiger partial charge >= 0.3 is 12.3 Å². The molecule has 1 aromatic heterocycles. The van der Waals surface area contributed by atoms with E-state index >= 15 is 0 Å². The summed E-state index contributed by atoms with van der Waals surface area (Å²) in [5.41, 5.74) is -0.102. The van der Waals surface area contributed by atoms with Gasteiger partial charge in [-0.15, -0.1) is 0 Å². The normalized spacial score (nSPS) is 11.3. The Labute approximate surface area is 177 Å². The molecule has 0 atom stereocenters. The first kappa shape index (κ1) is 21.2. The van der Waals surface area contributed by atoms with Gasteiger partial charge in [-0.3, -0.25) is 0 Å². The van der Waals surface area contributed by atoms with Crippen LogP contribution < -0.4 is 10.1 Å². The summed E-state index contributed by atoms with van der Waals surface area (Å²) in [4.78, 5) is 12.0. The Morgan fingerprint density at radius 1 is 1.14 bits per heavy atom. The van der Waals surface area contributed by atoms with Gasteiger partial charge in [0.2, 0.25) is 0 Å². The number of benzene rings is 2. The molecule has 2 aromatic carbocycles. The lowest BCUT2D eigenvalue weighted by Crippen LogP contribution is -2.29. The maximum absolute atomic E-state index is 13.6. The van der Waals surface area contributed by atoms with Gasteiger partial charge in [-0.25, -0.2) is 9.48 Å². The summed E-state index contributed by atoms with van der Waals surface area (Å²) in [5.74, 6) is -0.686. The Morgan fingerprint density at radius 2 is 1.79 bits per heavy atom. The summed E-state index contributed by atoms with van der Waals surface area (Å²) in [5, 5.41) is 6.52. The van der Waals surface area contributed by atoms with Crippen LogP contribution in [0.25, 0.3) is 5.69 Å². The Hall–Kier alpha value is -2.52. The zero-order valence-electron chi connectivity index (χ0n) is 14.7. The minimum Gasteiger partial charge on any atom is -0.406 e. The number of aromatic nitrogens is 2. The number of amides is 1. The van der Waals surface area contributed by atoms with E-state index in [0.717, 1.165) is 16.2 Å². The Balaban J connectivity index is 1.70. The second kappa shape index (κ2) is 8.87. The molecule has 29 heavy (non-hydrogen) atoms. The quantitative estimate of drug-likeness (QED) is 0.506. The molecule has 0 bridgehead atoms. The predicted octanol–water partition coefficient (Wildman–Crippen LogP) is 5.64. The molecule has 1 heterocycles. The molecule has 3 rings (SSSR count). The highest BCUT2D eigenvalue weighted by Gasteiger charge is 2.40. The Bertz CT molecular complexity index is 989. The van der Waals surface area contributed by atoms with Gasteiger partial charge in [0.15, 0.2) is 11.4 Å². The number of ether oxygens (including phenoxy) is 1. The number of halogens is 5. The van der Waals surface area contributed by atoms with Crippen molar-refractivity contribution in [3.63, 3.8) is 0 Å². The molecule has 0 saturated heterocycles. The summed E-state index contributed by atoms with van der Waals surface area (Å²) >= 11 is 9.09. The number of carbonyl (C=O) groups excluding carboxylic acids is 1. The van der Waals surface area contributed by atoms with Crippen molar-refractivity contribution in [2.24, 2.45) is 0 Å². The highest BCUT2D eigenvalue weighted by atomic mass is 79.9. The van der Waals surface area contributed by atoms with E-state index < -0.39 is 23.7 Å². The van der Waals surface area contributed by atoms with Crippen molar-refractivity contribution in [3.8, 4) is 11.4 Å². The van der Waals surface area contributed by atoms with E-state index in [2.05, 4.69) is 26.3 Å². The molecule has 1 N–H and O–H groups in total. The van der Waals surface area contributed by atoms with E-state index in [0.29, 0.717) is 16.1 Å². The topological polar surface area (TPSA) is 56.1 Å². The van der Waals surface area contributed by atoms with Crippen molar-refractivity contribution in [1.82, 2.24) is 15.1 Å². The highest BCUT2D eigenvalue weighted by molar-refractivity contribution is 9.10. The molecular weight excluding hydrogens is 475 g/mol. The second-order valence-corrected chi connectivity index (χ2v) is 7.29. The maximum atomic E-state index is 13.6. The van der Waals surface area contributed by atoms with Gasteiger partial charge in [0, 0.05) is 16.0 Å². The fraction of sp³-hybridized carbons (Fsp3) is 0.158. The fourth-order valence-corrected chi connectivity index (χ4v) is 2.93. The first-order valence-corrected chi connectivity index (χ1v) is 9.52. The lowest BCUT2D eigenvalue weighted by molar-refractivity contribution is -0.143. The third kappa shape index (κ3) is 5.51. The minimum absolute atomic E-state index is 0.132. The van der Waals surface area contributed by atoms with Crippen LogP contribution in [0.4, 0.5) is 18.0 Å². The third-order valence-corrected chi connectivity index (χ3v) is 4.65. The van der Waals surface area contributed by atoms with E-state index in [4.69, 9.17) is 16.3 Å². The van der Waals surface area contributed by atoms with Gasteiger partial charge in [0.1, 0.15) is 0 Å². The molecule has 5 nitrogen and oxygen atoms in total. The van der Waals surface area contributed by atoms with E-state index in [1.165, 1.54) is 24.3 Å². The standard InChI is InChI=1S/C19H14BrClF3N3O2/c20-13-3-1-12(2-4-13)9-10-25-18(28)29-16-11-26-27(17(16)19(22,23)24)15-7-5-14(21)6-8-15/h1-8,11H,9-10H2,(H,25,28). The maximum Gasteiger partial charge on any atom is 0.437 e.